The van der Waals surface area contributed by atoms with E-state index in [4.69, 9.17) is 9.73 Å². The summed E-state index contributed by atoms with van der Waals surface area (Å²) in [5.41, 5.74) is 2.15. The van der Waals surface area contributed by atoms with Crippen LogP contribution in [0, 0.1) is 6.92 Å². The van der Waals surface area contributed by atoms with E-state index < -0.39 is 0 Å². The van der Waals surface area contributed by atoms with Gasteiger partial charge in [-0.25, -0.2) is 4.99 Å². The molecule has 1 aromatic carbocycles. The molecule has 0 N–H and O–H groups in total. The van der Waals surface area contributed by atoms with Crippen LogP contribution < -0.4 is 9.54 Å². The lowest BCUT2D eigenvalue weighted by molar-refractivity contribution is 0.415. The normalized spacial score (nSPS) is 13.5. The Balaban J connectivity index is 2.50. The number of nitrogens with zero attached hydrogens (tertiary/aromatic N) is 2. The number of hydrogen-bond donors (Lipinski definition) is 0. The third-order valence-electron chi connectivity index (χ3n) is 3.37. The van der Waals surface area contributed by atoms with Crippen LogP contribution in [0.25, 0.3) is 0 Å². The second-order valence-electron chi connectivity index (χ2n) is 4.95. The van der Waals surface area contributed by atoms with Crippen LogP contribution >= 0.6 is 11.3 Å². The highest BCUT2D eigenvalue weighted by molar-refractivity contribution is 7.07. The molecule has 1 heterocycles. The predicted molar refractivity (Wildman–Crippen MR) is 84.9 cm³/mol. The zero-order valence-corrected chi connectivity index (χ0v) is 13.4. The summed E-state index contributed by atoms with van der Waals surface area (Å²) in [6.45, 7) is 6.62. The van der Waals surface area contributed by atoms with Crippen LogP contribution in [-0.2, 0) is 0 Å². The summed E-state index contributed by atoms with van der Waals surface area (Å²) in [4.78, 5) is 5.83. The number of aryl methyl sites for hydroxylation is 1. The summed E-state index contributed by atoms with van der Waals surface area (Å²) in [5.74, 6) is 0.813. The van der Waals surface area contributed by atoms with E-state index in [0.717, 1.165) is 22.7 Å². The van der Waals surface area contributed by atoms with Crippen LogP contribution in [-0.4, -0.2) is 11.7 Å². The third-order valence-corrected chi connectivity index (χ3v) is 4.33. The van der Waals surface area contributed by atoms with Gasteiger partial charge in [-0.05, 0) is 32.4 Å². The van der Waals surface area contributed by atoms with E-state index in [1.807, 2.05) is 24.3 Å². The van der Waals surface area contributed by atoms with E-state index >= 15 is 0 Å². The van der Waals surface area contributed by atoms with Gasteiger partial charge >= 0.3 is 0 Å². The molecule has 108 valence electrons. The summed E-state index contributed by atoms with van der Waals surface area (Å²) < 4.78 is 7.69. The summed E-state index contributed by atoms with van der Waals surface area (Å²) in [6, 6.07) is 8.36. The molecule has 0 saturated heterocycles. The maximum absolute atomic E-state index is 5.37. The average molecular weight is 290 g/mol. The minimum absolute atomic E-state index is 0.472. The summed E-state index contributed by atoms with van der Waals surface area (Å²) in [5, 5.41) is 2.17. The van der Waals surface area contributed by atoms with Gasteiger partial charge in [0.15, 0.2) is 4.80 Å². The topological polar surface area (TPSA) is 26.5 Å². The largest absolute Gasteiger partial charge is 0.494 e. The fourth-order valence-corrected chi connectivity index (χ4v) is 3.37. The monoisotopic (exact) mass is 290 g/mol. The van der Waals surface area contributed by atoms with Gasteiger partial charge < -0.3 is 9.30 Å². The molecule has 1 aromatic heterocycles. The molecule has 0 aliphatic carbocycles. The first kappa shape index (κ1) is 14.9. The second-order valence-corrected chi connectivity index (χ2v) is 5.79. The van der Waals surface area contributed by atoms with Crippen LogP contribution in [0.5, 0.6) is 5.75 Å². The number of thiazole rings is 1. The Bertz CT molecular complexity index is 627. The molecular formula is C16H22N2OS. The molecule has 0 radical (unpaired) electrons. The zero-order valence-electron chi connectivity index (χ0n) is 12.6. The van der Waals surface area contributed by atoms with Gasteiger partial charge in [0.2, 0.25) is 0 Å². The Morgan fingerprint density at radius 2 is 2.10 bits per heavy atom. The van der Waals surface area contributed by atoms with Crippen molar-refractivity contribution in [3.63, 3.8) is 0 Å². The van der Waals surface area contributed by atoms with Crippen molar-refractivity contribution in [1.82, 2.24) is 4.57 Å². The molecule has 4 heteroatoms. The van der Waals surface area contributed by atoms with E-state index in [2.05, 4.69) is 30.7 Å². The Morgan fingerprint density at radius 3 is 2.80 bits per heavy atom. The first-order valence-electron chi connectivity index (χ1n) is 7.01. The zero-order chi connectivity index (χ0) is 14.5. The Labute approximate surface area is 124 Å². The first-order chi connectivity index (χ1) is 9.67. The molecule has 0 spiro atoms. The third kappa shape index (κ3) is 3.12. The highest BCUT2D eigenvalue weighted by Gasteiger charge is 2.09. The fraction of sp³-hybridized carbons (Fsp3) is 0.438. The van der Waals surface area contributed by atoms with E-state index in [9.17, 15) is 0 Å². The molecule has 0 saturated carbocycles. The van der Waals surface area contributed by atoms with Gasteiger partial charge in [0.25, 0.3) is 0 Å². The van der Waals surface area contributed by atoms with E-state index in [-0.39, 0.29) is 0 Å². The van der Waals surface area contributed by atoms with E-state index in [0.29, 0.717) is 6.04 Å². The molecule has 0 aliphatic heterocycles. The van der Waals surface area contributed by atoms with Crippen molar-refractivity contribution < 1.29 is 4.74 Å². The number of rotatable bonds is 5. The number of hydrogen-bond acceptors (Lipinski definition) is 3. The van der Waals surface area contributed by atoms with Crippen LogP contribution in [0.1, 0.15) is 38.4 Å². The Kier molecular flexibility index (Phi) is 5.01. The standard InChI is InChI=1S/C16H22N2OS/c1-5-8-12(2)18-13(3)11-20-16(18)17-14-9-6-7-10-15(14)19-4/h6-7,9-12H,5,8H2,1-4H3. The van der Waals surface area contributed by atoms with Gasteiger partial charge in [-0.15, -0.1) is 11.3 Å². The van der Waals surface area contributed by atoms with Crippen molar-refractivity contribution in [2.75, 3.05) is 7.11 Å². The number of ether oxygens (including phenoxy) is 1. The maximum Gasteiger partial charge on any atom is 0.190 e. The molecule has 1 atom stereocenters. The van der Waals surface area contributed by atoms with Crippen LogP contribution in [0.15, 0.2) is 34.6 Å². The lowest BCUT2D eigenvalue weighted by Crippen LogP contribution is -2.20. The molecular weight excluding hydrogens is 268 g/mol. The maximum atomic E-state index is 5.37. The minimum atomic E-state index is 0.472. The molecule has 2 aromatic rings. The van der Waals surface area contributed by atoms with Crippen molar-refractivity contribution in [2.24, 2.45) is 4.99 Å². The minimum Gasteiger partial charge on any atom is -0.494 e. The lowest BCUT2D eigenvalue weighted by atomic mass is 10.2. The van der Waals surface area contributed by atoms with Gasteiger partial charge in [0, 0.05) is 17.1 Å². The average Bonchev–Trinajstić information content (AvgIpc) is 2.80. The van der Waals surface area contributed by atoms with Crippen molar-refractivity contribution in [1.29, 1.82) is 0 Å². The number of methoxy groups -OCH3 is 1. The Hall–Kier alpha value is -1.55. The van der Waals surface area contributed by atoms with Crippen molar-refractivity contribution >= 4 is 17.0 Å². The lowest BCUT2D eigenvalue weighted by Gasteiger charge is -2.14. The summed E-state index contributed by atoms with van der Waals surface area (Å²) in [6.07, 6.45) is 2.34. The fourth-order valence-electron chi connectivity index (χ4n) is 2.39. The van der Waals surface area contributed by atoms with Crippen molar-refractivity contribution in [3.05, 3.63) is 40.1 Å². The van der Waals surface area contributed by atoms with Crippen LogP contribution in [0.2, 0.25) is 0 Å². The SMILES string of the molecule is CCCC(C)n1c(C)csc1=Nc1ccccc1OC. The molecule has 0 amide bonds. The molecule has 3 nitrogen and oxygen atoms in total. The smallest absolute Gasteiger partial charge is 0.190 e. The molecule has 1 unspecified atom stereocenters. The van der Waals surface area contributed by atoms with Crippen molar-refractivity contribution in [2.45, 2.75) is 39.7 Å². The highest BCUT2D eigenvalue weighted by atomic mass is 32.1. The van der Waals surface area contributed by atoms with Gasteiger partial charge in [-0.3, -0.25) is 0 Å². The molecule has 20 heavy (non-hydrogen) atoms. The van der Waals surface area contributed by atoms with Gasteiger partial charge in [0.1, 0.15) is 11.4 Å². The van der Waals surface area contributed by atoms with Crippen LogP contribution in [0.4, 0.5) is 5.69 Å². The first-order valence-corrected chi connectivity index (χ1v) is 7.89. The molecule has 0 bridgehead atoms. The number of aromatic nitrogens is 1. The molecule has 2 rings (SSSR count). The Morgan fingerprint density at radius 1 is 1.35 bits per heavy atom. The van der Waals surface area contributed by atoms with Crippen molar-refractivity contribution in [3.8, 4) is 5.75 Å². The predicted octanol–water partition coefficient (Wildman–Crippen LogP) is 4.46. The van der Waals surface area contributed by atoms with Gasteiger partial charge in [0.05, 0.1) is 7.11 Å². The molecule has 0 fully saturated rings. The quantitative estimate of drug-likeness (QED) is 0.798. The number of benzene rings is 1. The van der Waals surface area contributed by atoms with Crippen LogP contribution in [0.3, 0.4) is 0 Å². The van der Waals surface area contributed by atoms with E-state index in [1.165, 1.54) is 12.1 Å². The number of para-hydroxylation sites is 2. The van der Waals surface area contributed by atoms with Gasteiger partial charge in [-0.2, -0.15) is 0 Å². The highest BCUT2D eigenvalue weighted by Crippen LogP contribution is 2.26. The summed E-state index contributed by atoms with van der Waals surface area (Å²) >= 11 is 1.69. The summed E-state index contributed by atoms with van der Waals surface area (Å²) in [7, 11) is 1.68. The van der Waals surface area contributed by atoms with E-state index in [1.54, 1.807) is 18.4 Å². The second kappa shape index (κ2) is 6.75. The van der Waals surface area contributed by atoms with Gasteiger partial charge in [-0.1, -0.05) is 25.5 Å². The molecule has 0 aliphatic rings.